The molecule has 1 unspecified atom stereocenters. The predicted octanol–water partition coefficient (Wildman–Crippen LogP) is 2.26. The third kappa shape index (κ3) is 4.36. The van der Waals surface area contributed by atoms with Gasteiger partial charge in [-0.2, -0.15) is 0 Å². The molecule has 8 heteroatoms. The fourth-order valence-electron chi connectivity index (χ4n) is 2.73. The van der Waals surface area contributed by atoms with Gasteiger partial charge < -0.3 is 16.0 Å². The van der Waals surface area contributed by atoms with Crippen molar-refractivity contribution in [1.82, 2.24) is 10.3 Å². The molecule has 25 heavy (non-hydrogen) atoms. The van der Waals surface area contributed by atoms with E-state index in [1.165, 1.54) is 11.3 Å². The molecule has 1 aromatic heterocycles. The molecule has 1 saturated heterocycles. The number of nitrogens with zero attached hydrogens (tertiary/aromatic N) is 2. The van der Waals surface area contributed by atoms with Gasteiger partial charge in [0.2, 0.25) is 5.91 Å². The molecular formula is C17H21ClN4O2S. The number of thiazole rings is 1. The lowest BCUT2D eigenvalue weighted by atomic mass is 10.0. The standard InChI is InChI=1S/C17H20N4O2S.ClH/c1-11-4-6-12(7-5-11)21-8-2-3-13(17(21)23)20-16(22)14-10-24-15(9-18)19-14;/h4-7,10,13H,2-3,8-9,18H2,1H3,(H,20,22);1H. The highest BCUT2D eigenvalue weighted by atomic mass is 35.5. The van der Waals surface area contributed by atoms with Crippen LogP contribution in [-0.4, -0.2) is 29.4 Å². The Kier molecular flexibility index (Phi) is 6.52. The maximum absolute atomic E-state index is 12.7. The summed E-state index contributed by atoms with van der Waals surface area (Å²) < 4.78 is 0. The van der Waals surface area contributed by atoms with Crippen molar-refractivity contribution in [3.63, 3.8) is 0 Å². The van der Waals surface area contributed by atoms with Crippen LogP contribution in [0.15, 0.2) is 29.6 Å². The maximum atomic E-state index is 12.7. The Morgan fingerprint density at radius 1 is 1.40 bits per heavy atom. The van der Waals surface area contributed by atoms with Crippen molar-refractivity contribution in [3.05, 3.63) is 45.9 Å². The van der Waals surface area contributed by atoms with Crippen LogP contribution < -0.4 is 16.0 Å². The van der Waals surface area contributed by atoms with Crippen molar-refractivity contribution in [2.45, 2.75) is 32.4 Å². The van der Waals surface area contributed by atoms with Crippen LogP contribution in [0, 0.1) is 6.92 Å². The van der Waals surface area contributed by atoms with Crippen LogP contribution in [-0.2, 0) is 11.3 Å². The number of amides is 2. The van der Waals surface area contributed by atoms with E-state index in [1.54, 1.807) is 10.3 Å². The fraction of sp³-hybridized carbons (Fsp3) is 0.353. The van der Waals surface area contributed by atoms with Gasteiger partial charge in [-0.05, 0) is 31.9 Å². The molecule has 2 heterocycles. The molecule has 0 saturated carbocycles. The minimum atomic E-state index is -0.518. The van der Waals surface area contributed by atoms with Gasteiger partial charge in [0.15, 0.2) is 0 Å². The largest absolute Gasteiger partial charge is 0.339 e. The van der Waals surface area contributed by atoms with Gasteiger partial charge in [0.1, 0.15) is 16.7 Å². The number of benzene rings is 1. The van der Waals surface area contributed by atoms with Crippen LogP contribution in [0.25, 0.3) is 0 Å². The van der Waals surface area contributed by atoms with Crippen LogP contribution in [0.4, 0.5) is 5.69 Å². The maximum Gasteiger partial charge on any atom is 0.271 e. The summed E-state index contributed by atoms with van der Waals surface area (Å²) in [6.07, 6.45) is 1.48. The number of aromatic nitrogens is 1. The zero-order chi connectivity index (χ0) is 17.1. The molecule has 0 radical (unpaired) electrons. The monoisotopic (exact) mass is 380 g/mol. The molecule has 1 aromatic carbocycles. The van der Waals surface area contributed by atoms with Gasteiger partial charge in [0.25, 0.3) is 5.91 Å². The minimum Gasteiger partial charge on any atom is -0.339 e. The van der Waals surface area contributed by atoms with Crippen LogP contribution >= 0.6 is 23.7 Å². The highest BCUT2D eigenvalue weighted by molar-refractivity contribution is 7.09. The molecular weight excluding hydrogens is 360 g/mol. The summed E-state index contributed by atoms with van der Waals surface area (Å²) in [5.74, 6) is -0.400. The second-order valence-corrected chi connectivity index (χ2v) is 6.77. The predicted molar refractivity (Wildman–Crippen MR) is 101 cm³/mol. The zero-order valence-corrected chi connectivity index (χ0v) is 15.5. The zero-order valence-electron chi connectivity index (χ0n) is 13.9. The highest BCUT2D eigenvalue weighted by Crippen LogP contribution is 2.22. The lowest BCUT2D eigenvalue weighted by molar-refractivity contribution is -0.121. The number of piperidine rings is 1. The Morgan fingerprint density at radius 3 is 2.76 bits per heavy atom. The summed E-state index contributed by atoms with van der Waals surface area (Å²) in [5, 5.41) is 5.18. The van der Waals surface area contributed by atoms with Crippen LogP contribution in [0.3, 0.4) is 0 Å². The molecule has 0 aliphatic carbocycles. The molecule has 134 valence electrons. The number of rotatable bonds is 4. The van der Waals surface area contributed by atoms with E-state index in [1.807, 2.05) is 31.2 Å². The van der Waals surface area contributed by atoms with Crippen molar-refractivity contribution in [2.24, 2.45) is 5.73 Å². The lowest BCUT2D eigenvalue weighted by Crippen LogP contribution is -2.52. The Morgan fingerprint density at radius 2 is 2.12 bits per heavy atom. The van der Waals surface area contributed by atoms with E-state index in [0.717, 1.165) is 17.7 Å². The SMILES string of the molecule is Cc1ccc(N2CCCC(NC(=O)c3csc(CN)n3)C2=O)cc1.Cl. The van der Waals surface area contributed by atoms with Crippen LogP contribution in [0.1, 0.15) is 33.9 Å². The number of hydrogen-bond acceptors (Lipinski definition) is 5. The van der Waals surface area contributed by atoms with E-state index in [-0.39, 0.29) is 24.2 Å². The van der Waals surface area contributed by atoms with Gasteiger partial charge in [-0.15, -0.1) is 23.7 Å². The average Bonchev–Trinajstić information content (AvgIpc) is 3.07. The average molecular weight is 381 g/mol. The second-order valence-electron chi connectivity index (χ2n) is 5.82. The summed E-state index contributed by atoms with van der Waals surface area (Å²) in [6.45, 7) is 2.98. The number of nitrogens with two attached hydrogens (primary N) is 1. The Labute approximate surface area is 156 Å². The first-order valence-electron chi connectivity index (χ1n) is 7.92. The molecule has 2 aromatic rings. The number of halogens is 1. The number of aryl methyl sites for hydroxylation is 1. The molecule has 2 amide bonds. The molecule has 1 fully saturated rings. The number of carbonyl (C=O) groups excluding carboxylic acids is 2. The third-order valence-corrected chi connectivity index (χ3v) is 4.92. The van der Waals surface area contributed by atoms with Crippen molar-refractivity contribution in [2.75, 3.05) is 11.4 Å². The number of anilines is 1. The van der Waals surface area contributed by atoms with E-state index < -0.39 is 6.04 Å². The summed E-state index contributed by atoms with van der Waals surface area (Å²) >= 11 is 1.35. The molecule has 1 atom stereocenters. The molecule has 1 aliphatic heterocycles. The first-order chi connectivity index (χ1) is 11.6. The fourth-order valence-corrected chi connectivity index (χ4v) is 3.39. The van der Waals surface area contributed by atoms with Crippen LogP contribution in [0.5, 0.6) is 0 Å². The van der Waals surface area contributed by atoms with Crippen LogP contribution in [0.2, 0.25) is 0 Å². The van der Waals surface area contributed by atoms with Crippen molar-refractivity contribution in [1.29, 1.82) is 0 Å². The summed E-state index contributed by atoms with van der Waals surface area (Å²) in [6, 6.07) is 7.32. The molecule has 1 aliphatic rings. The smallest absolute Gasteiger partial charge is 0.271 e. The number of carbonyl (C=O) groups is 2. The highest BCUT2D eigenvalue weighted by Gasteiger charge is 2.31. The van der Waals surface area contributed by atoms with Gasteiger partial charge in [-0.3, -0.25) is 9.59 Å². The Hall–Kier alpha value is -1.96. The van der Waals surface area contributed by atoms with E-state index >= 15 is 0 Å². The lowest BCUT2D eigenvalue weighted by Gasteiger charge is -2.32. The molecule has 0 bridgehead atoms. The van der Waals surface area contributed by atoms with E-state index in [9.17, 15) is 9.59 Å². The molecule has 6 nitrogen and oxygen atoms in total. The topological polar surface area (TPSA) is 88.3 Å². The summed E-state index contributed by atoms with van der Waals surface area (Å²) in [7, 11) is 0. The van der Waals surface area contributed by atoms with E-state index in [2.05, 4.69) is 10.3 Å². The van der Waals surface area contributed by atoms with Gasteiger partial charge in [-0.25, -0.2) is 4.98 Å². The normalized spacial score (nSPS) is 17.1. The van der Waals surface area contributed by atoms with Crippen molar-refractivity contribution in [3.8, 4) is 0 Å². The molecule has 3 rings (SSSR count). The van der Waals surface area contributed by atoms with Gasteiger partial charge >= 0.3 is 0 Å². The summed E-state index contributed by atoms with van der Waals surface area (Å²) in [5.41, 5.74) is 7.85. The first kappa shape index (κ1) is 19.4. The van der Waals surface area contributed by atoms with E-state index in [4.69, 9.17) is 5.73 Å². The minimum absolute atomic E-state index is 0. The second kappa shape index (κ2) is 8.42. The Balaban J connectivity index is 0.00000225. The molecule has 0 spiro atoms. The third-order valence-electron chi connectivity index (χ3n) is 4.05. The number of hydrogen-bond donors (Lipinski definition) is 2. The quantitative estimate of drug-likeness (QED) is 0.851. The van der Waals surface area contributed by atoms with Crippen molar-refractivity contribution < 1.29 is 9.59 Å². The van der Waals surface area contributed by atoms with Crippen molar-refractivity contribution >= 4 is 41.2 Å². The van der Waals surface area contributed by atoms with Gasteiger partial charge in [0, 0.05) is 24.2 Å². The van der Waals surface area contributed by atoms with E-state index in [0.29, 0.717) is 30.2 Å². The summed E-state index contributed by atoms with van der Waals surface area (Å²) in [4.78, 5) is 30.9. The molecule has 3 N–H and O–H groups in total. The first-order valence-corrected chi connectivity index (χ1v) is 8.80. The van der Waals surface area contributed by atoms with Gasteiger partial charge in [0.05, 0.1) is 0 Å². The van der Waals surface area contributed by atoms with Gasteiger partial charge in [-0.1, -0.05) is 17.7 Å². The Bertz CT molecular complexity index is 747. The number of nitrogens with one attached hydrogen (secondary N) is 1.